The fourth-order valence-electron chi connectivity index (χ4n) is 3.88. The summed E-state index contributed by atoms with van der Waals surface area (Å²) < 4.78 is 28.0. The quantitative estimate of drug-likeness (QED) is 0.591. The van der Waals surface area contributed by atoms with E-state index in [4.69, 9.17) is 29.4 Å². The van der Waals surface area contributed by atoms with Gasteiger partial charge in [0.1, 0.15) is 5.75 Å². The Morgan fingerprint density at radius 1 is 0.900 bits per heavy atom. The maximum Gasteiger partial charge on any atom is 0.168 e. The van der Waals surface area contributed by atoms with E-state index in [-0.39, 0.29) is 6.04 Å². The number of nitrogens with two attached hydrogens (primary N) is 1. The van der Waals surface area contributed by atoms with Crippen LogP contribution in [0.5, 0.6) is 17.2 Å². The summed E-state index contributed by atoms with van der Waals surface area (Å²) in [5.41, 5.74) is 8.72. The summed E-state index contributed by atoms with van der Waals surface area (Å²) in [6, 6.07) is 13.9. The van der Waals surface area contributed by atoms with Gasteiger partial charge in [0.05, 0.1) is 34.5 Å². The normalized spacial score (nSPS) is 16.3. The van der Waals surface area contributed by atoms with Crippen molar-refractivity contribution in [2.45, 2.75) is 43.9 Å². The van der Waals surface area contributed by atoms with E-state index in [9.17, 15) is 0 Å². The van der Waals surface area contributed by atoms with Crippen molar-refractivity contribution in [3.63, 3.8) is 0 Å². The smallest absolute Gasteiger partial charge is 0.168 e. The molecule has 1 aliphatic heterocycles. The summed E-state index contributed by atoms with van der Waals surface area (Å²) in [4.78, 5) is 0. The van der Waals surface area contributed by atoms with Crippen molar-refractivity contribution in [2.24, 2.45) is 5.73 Å². The Labute approximate surface area is 179 Å². The molecule has 164 valence electrons. The van der Waals surface area contributed by atoms with E-state index in [1.54, 1.807) is 21.3 Å². The van der Waals surface area contributed by atoms with Gasteiger partial charge in [0.25, 0.3) is 0 Å². The molecule has 6 nitrogen and oxygen atoms in total. The molecule has 0 amide bonds. The van der Waals surface area contributed by atoms with Gasteiger partial charge in [0, 0.05) is 18.9 Å². The summed E-state index contributed by atoms with van der Waals surface area (Å²) in [5.74, 6) is 1.76. The van der Waals surface area contributed by atoms with Crippen LogP contribution in [-0.4, -0.2) is 40.3 Å². The highest BCUT2D eigenvalue weighted by molar-refractivity contribution is 5.43. The lowest BCUT2D eigenvalue weighted by Gasteiger charge is -2.28. The summed E-state index contributed by atoms with van der Waals surface area (Å²) >= 11 is 0. The third-order valence-corrected chi connectivity index (χ3v) is 5.68. The first-order chi connectivity index (χ1) is 14.6. The number of ether oxygens (including phenoxy) is 5. The Kier molecular flexibility index (Phi) is 7.96. The van der Waals surface area contributed by atoms with Crippen molar-refractivity contribution >= 4 is 0 Å². The molecule has 1 saturated heterocycles. The minimum absolute atomic E-state index is 0.0788. The third-order valence-electron chi connectivity index (χ3n) is 5.68. The van der Waals surface area contributed by atoms with Crippen LogP contribution in [0.15, 0.2) is 42.5 Å². The number of benzene rings is 2. The van der Waals surface area contributed by atoms with E-state index in [1.807, 2.05) is 30.3 Å². The highest BCUT2D eigenvalue weighted by Crippen LogP contribution is 2.34. The van der Waals surface area contributed by atoms with Gasteiger partial charge < -0.3 is 29.4 Å². The molecule has 0 bridgehead atoms. The number of methoxy groups -OCH3 is 3. The van der Waals surface area contributed by atoms with Crippen LogP contribution in [-0.2, 0) is 15.9 Å². The van der Waals surface area contributed by atoms with Crippen LogP contribution >= 0.6 is 0 Å². The molecular formula is C24H33NO5. The topological polar surface area (TPSA) is 72.2 Å². The van der Waals surface area contributed by atoms with Crippen LogP contribution in [0.2, 0.25) is 0 Å². The Morgan fingerprint density at radius 2 is 1.60 bits per heavy atom. The predicted molar refractivity (Wildman–Crippen MR) is 116 cm³/mol. The molecule has 1 aliphatic rings. The number of hydrogen-bond donors (Lipinski definition) is 1. The number of rotatable bonds is 11. The zero-order chi connectivity index (χ0) is 21.4. The second-order valence-corrected chi connectivity index (χ2v) is 7.57. The lowest BCUT2D eigenvalue weighted by atomic mass is 9.96. The largest absolute Gasteiger partial charge is 0.497 e. The first-order valence-electron chi connectivity index (χ1n) is 10.5. The molecule has 6 heteroatoms. The number of aryl methyl sites for hydroxylation is 1. The van der Waals surface area contributed by atoms with Crippen LogP contribution < -0.4 is 19.9 Å². The summed E-state index contributed by atoms with van der Waals surface area (Å²) in [6.45, 7) is 1.29. The Morgan fingerprint density at radius 3 is 2.23 bits per heavy atom. The summed E-state index contributed by atoms with van der Waals surface area (Å²) in [7, 11) is 4.94. The van der Waals surface area contributed by atoms with Gasteiger partial charge in [-0.3, -0.25) is 0 Å². The van der Waals surface area contributed by atoms with Crippen molar-refractivity contribution in [3.8, 4) is 17.2 Å². The average molecular weight is 416 g/mol. The van der Waals surface area contributed by atoms with Gasteiger partial charge in [0.2, 0.25) is 0 Å². The predicted octanol–water partition coefficient (Wildman–Crippen LogP) is 4.26. The summed E-state index contributed by atoms with van der Waals surface area (Å²) in [6.07, 6.45) is 4.30. The minimum Gasteiger partial charge on any atom is -0.497 e. The van der Waals surface area contributed by atoms with E-state index in [2.05, 4.69) is 12.1 Å². The van der Waals surface area contributed by atoms with E-state index < -0.39 is 5.79 Å². The van der Waals surface area contributed by atoms with Gasteiger partial charge in [-0.2, -0.15) is 0 Å². The second kappa shape index (κ2) is 10.7. The van der Waals surface area contributed by atoms with E-state index in [0.29, 0.717) is 24.7 Å². The van der Waals surface area contributed by atoms with Gasteiger partial charge in [-0.1, -0.05) is 18.2 Å². The Bertz CT molecular complexity index is 787. The maximum absolute atomic E-state index is 6.44. The number of hydrogen-bond acceptors (Lipinski definition) is 6. The molecule has 0 aliphatic carbocycles. The minimum atomic E-state index is -0.517. The van der Waals surface area contributed by atoms with Gasteiger partial charge in [-0.15, -0.1) is 0 Å². The molecule has 1 unspecified atom stereocenters. The molecule has 30 heavy (non-hydrogen) atoms. The Hall–Kier alpha value is -2.28. The first kappa shape index (κ1) is 22.4. The average Bonchev–Trinajstić information content (AvgIpc) is 3.26. The second-order valence-electron chi connectivity index (χ2n) is 7.57. The first-order valence-corrected chi connectivity index (χ1v) is 10.5. The molecule has 0 radical (unpaired) electrons. The molecule has 1 heterocycles. The van der Waals surface area contributed by atoms with Crippen molar-refractivity contribution < 1.29 is 23.7 Å². The molecule has 1 fully saturated rings. The van der Waals surface area contributed by atoms with Crippen molar-refractivity contribution in [1.82, 2.24) is 0 Å². The monoisotopic (exact) mass is 415 g/mol. The molecule has 0 spiro atoms. The molecule has 1 atom stereocenters. The summed E-state index contributed by atoms with van der Waals surface area (Å²) in [5, 5.41) is 0. The molecule has 2 aromatic carbocycles. The van der Waals surface area contributed by atoms with Crippen LogP contribution in [0.4, 0.5) is 0 Å². The van der Waals surface area contributed by atoms with Crippen molar-refractivity contribution in [1.29, 1.82) is 0 Å². The SMILES string of the molecule is COc1ccc(CCC2(CCCC(N)c3ccc(OC)c(OC)c3)OCCO2)cc1. The molecule has 0 aromatic heterocycles. The molecule has 3 rings (SSSR count). The van der Waals surface area contributed by atoms with Gasteiger partial charge in [-0.25, -0.2) is 0 Å². The fourth-order valence-corrected chi connectivity index (χ4v) is 3.88. The van der Waals surface area contributed by atoms with Gasteiger partial charge in [-0.05, 0) is 54.7 Å². The van der Waals surface area contributed by atoms with Crippen molar-refractivity contribution in [3.05, 3.63) is 53.6 Å². The third kappa shape index (κ3) is 5.65. The van der Waals surface area contributed by atoms with E-state index >= 15 is 0 Å². The van der Waals surface area contributed by atoms with E-state index in [0.717, 1.165) is 43.4 Å². The van der Waals surface area contributed by atoms with E-state index in [1.165, 1.54) is 5.56 Å². The van der Waals surface area contributed by atoms with Crippen molar-refractivity contribution in [2.75, 3.05) is 34.5 Å². The zero-order valence-corrected chi connectivity index (χ0v) is 18.2. The Balaban J connectivity index is 1.54. The molecular weight excluding hydrogens is 382 g/mol. The molecule has 2 N–H and O–H groups in total. The molecule has 2 aromatic rings. The zero-order valence-electron chi connectivity index (χ0n) is 18.2. The van der Waals surface area contributed by atoms with Gasteiger partial charge in [0.15, 0.2) is 17.3 Å². The lowest BCUT2D eigenvalue weighted by molar-refractivity contribution is -0.167. The molecule has 0 saturated carbocycles. The van der Waals surface area contributed by atoms with Crippen LogP contribution in [0.3, 0.4) is 0 Å². The van der Waals surface area contributed by atoms with Crippen LogP contribution in [0.25, 0.3) is 0 Å². The standard InChI is InChI=1S/C24H33NO5/c1-26-20-9-6-18(7-10-20)12-14-24(29-15-16-30-24)13-4-5-21(25)19-8-11-22(27-2)23(17-19)28-3/h6-11,17,21H,4-5,12-16,25H2,1-3H3. The highest BCUT2D eigenvalue weighted by Gasteiger charge is 2.35. The van der Waals surface area contributed by atoms with Crippen LogP contribution in [0, 0.1) is 0 Å². The lowest BCUT2D eigenvalue weighted by Crippen LogP contribution is -2.31. The maximum atomic E-state index is 6.44. The van der Waals surface area contributed by atoms with Crippen LogP contribution in [0.1, 0.15) is 42.9 Å². The highest BCUT2D eigenvalue weighted by atomic mass is 16.7. The fraction of sp³-hybridized carbons (Fsp3) is 0.500. The van der Waals surface area contributed by atoms with Gasteiger partial charge >= 0.3 is 0 Å².